The summed E-state index contributed by atoms with van der Waals surface area (Å²) in [7, 11) is 0. The van der Waals surface area contributed by atoms with Gasteiger partial charge in [0.15, 0.2) is 0 Å². The minimum atomic E-state index is -0.257. The van der Waals surface area contributed by atoms with Crippen LogP contribution in [-0.2, 0) is 0 Å². The first-order chi connectivity index (χ1) is 20.4. The van der Waals surface area contributed by atoms with Crippen molar-refractivity contribution in [3.8, 4) is 0 Å². The third-order valence-corrected chi connectivity index (χ3v) is 8.02. The van der Waals surface area contributed by atoms with E-state index in [4.69, 9.17) is 11.6 Å². The van der Waals surface area contributed by atoms with Gasteiger partial charge in [0.2, 0.25) is 0 Å². The summed E-state index contributed by atoms with van der Waals surface area (Å²) in [5, 5.41) is 12.9. The van der Waals surface area contributed by atoms with Crippen LogP contribution in [0, 0.1) is 0 Å². The number of amides is 2. The molecule has 4 aromatic rings. The van der Waals surface area contributed by atoms with Crippen LogP contribution in [0.25, 0.3) is 0 Å². The number of benzene rings is 2. The van der Waals surface area contributed by atoms with Crippen LogP contribution in [0.1, 0.15) is 56.8 Å². The summed E-state index contributed by atoms with van der Waals surface area (Å²) in [6, 6.07) is 22.7. The summed E-state index contributed by atoms with van der Waals surface area (Å²) in [6.07, 6.45) is 5.48. The van der Waals surface area contributed by atoms with Gasteiger partial charge in [-0.3, -0.25) is 14.6 Å². The van der Waals surface area contributed by atoms with Gasteiger partial charge in [-0.25, -0.2) is 4.98 Å². The standard InChI is InChI=1S/C16H16BrN3O.C16H16ClN3O/c17-13-3-6-15(19-10-13)16(21)20-14-4-1-11(2-5-14)12-7-8-18-9-12;17-13-6-8-19-15(9-13)16(21)20-14-3-1-11(2-4-14)12-5-7-18-10-12/h1-6,10,12,18H,7-9H2,(H,20,21);1-4,6,8-9,12,18H,5,7,10H2,(H,20,21). The number of carbonyl (C=O) groups is 2. The number of halogens is 2. The number of aromatic nitrogens is 2. The Morgan fingerprint density at radius 2 is 1.29 bits per heavy atom. The second-order valence-electron chi connectivity index (χ2n) is 10.3. The number of nitrogens with zero attached hydrogens (tertiary/aromatic N) is 2. The average Bonchev–Trinajstić information content (AvgIpc) is 3.74. The number of hydrogen-bond donors (Lipinski definition) is 4. The van der Waals surface area contributed by atoms with E-state index in [-0.39, 0.29) is 11.8 Å². The van der Waals surface area contributed by atoms with E-state index >= 15 is 0 Å². The Morgan fingerprint density at radius 3 is 1.74 bits per heavy atom. The molecule has 4 heterocycles. The molecule has 8 nitrogen and oxygen atoms in total. The van der Waals surface area contributed by atoms with E-state index in [2.05, 4.69) is 71.4 Å². The third kappa shape index (κ3) is 8.23. The molecule has 2 saturated heterocycles. The van der Waals surface area contributed by atoms with Crippen molar-refractivity contribution in [3.05, 3.63) is 117 Å². The second kappa shape index (κ2) is 14.5. The topological polar surface area (TPSA) is 108 Å². The fourth-order valence-electron chi connectivity index (χ4n) is 4.98. The summed E-state index contributed by atoms with van der Waals surface area (Å²) >= 11 is 9.16. The number of nitrogens with one attached hydrogen (secondary N) is 4. The first kappa shape index (κ1) is 29.8. The normalized spacial score (nSPS) is 17.7. The molecule has 0 saturated carbocycles. The molecule has 2 aromatic heterocycles. The molecule has 2 amide bonds. The van der Waals surface area contributed by atoms with Crippen LogP contribution in [-0.4, -0.2) is 48.0 Å². The minimum absolute atomic E-state index is 0.196. The average molecular weight is 648 g/mol. The summed E-state index contributed by atoms with van der Waals surface area (Å²) < 4.78 is 0.855. The number of hydrogen-bond acceptors (Lipinski definition) is 6. The maximum absolute atomic E-state index is 12.1. The SMILES string of the molecule is O=C(Nc1ccc(C2CCNC2)cc1)c1cc(Cl)ccn1.O=C(Nc1ccc(C2CCNC2)cc1)c1ccc(Br)cn1. The predicted octanol–water partition coefficient (Wildman–Crippen LogP) is 6.24. The van der Waals surface area contributed by atoms with Gasteiger partial charge in [-0.15, -0.1) is 0 Å². The molecule has 216 valence electrons. The summed E-state index contributed by atoms with van der Waals surface area (Å²) in [6.45, 7) is 4.22. The maximum atomic E-state index is 12.1. The lowest BCUT2D eigenvalue weighted by molar-refractivity contribution is 0.101. The molecule has 0 bridgehead atoms. The van der Waals surface area contributed by atoms with E-state index in [0.717, 1.165) is 48.4 Å². The highest BCUT2D eigenvalue weighted by molar-refractivity contribution is 9.10. The fourth-order valence-corrected chi connectivity index (χ4v) is 5.38. The molecule has 6 rings (SSSR count). The van der Waals surface area contributed by atoms with E-state index in [0.29, 0.717) is 28.2 Å². The van der Waals surface area contributed by atoms with Crippen molar-refractivity contribution in [3.63, 3.8) is 0 Å². The zero-order chi connectivity index (χ0) is 29.3. The summed E-state index contributed by atoms with van der Waals surface area (Å²) in [5.74, 6) is 0.706. The van der Waals surface area contributed by atoms with Gasteiger partial charge < -0.3 is 21.3 Å². The van der Waals surface area contributed by atoms with E-state index < -0.39 is 0 Å². The highest BCUT2D eigenvalue weighted by Crippen LogP contribution is 2.25. The number of carbonyl (C=O) groups excluding carboxylic acids is 2. The largest absolute Gasteiger partial charge is 0.321 e. The lowest BCUT2D eigenvalue weighted by atomic mass is 9.98. The summed E-state index contributed by atoms with van der Waals surface area (Å²) in [5.41, 5.74) is 4.89. The highest BCUT2D eigenvalue weighted by atomic mass is 79.9. The van der Waals surface area contributed by atoms with Crippen LogP contribution in [0.4, 0.5) is 11.4 Å². The van der Waals surface area contributed by atoms with Gasteiger partial charge in [-0.2, -0.15) is 0 Å². The Balaban J connectivity index is 0.000000168. The van der Waals surface area contributed by atoms with Crippen molar-refractivity contribution in [2.24, 2.45) is 0 Å². The number of rotatable bonds is 6. The fraction of sp³-hybridized carbons (Fsp3) is 0.250. The zero-order valence-corrected chi connectivity index (χ0v) is 25.3. The molecule has 0 aliphatic carbocycles. The molecule has 2 aromatic carbocycles. The van der Waals surface area contributed by atoms with Gasteiger partial charge in [-0.1, -0.05) is 35.9 Å². The molecule has 42 heavy (non-hydrogen) atoms. The van der Waals surface area contributed by atoms with E-state index in [1.807, 2.05) is 24.3 Å². The zero-order valence-electron chi connectivity index (χ0n) is 22.9. The minimum Gasteiger partial charge on any atom is -0.321 e. The van der Waals surface area contributed by atoms with Crippen LogP contribution in [0.15, 0.2) is 89.7 Å². The molecule has 2 atom stereocenters. The monoisotopic (exact) mass is 646 g/mol. The van der Waals surface area contributed by atoms with Crippen LogP contribution in [0.3, 0.4) is 0 Å². The first-order valence-corrected chi connectivity index (χ1v) is 15.1. The van der Waals surface area contributed by atoms with Crippen molar-refractivity contribution in [1.82, 2.24) is 20.6 Å². The van der Waals surface area contributed by atoms with Crippen molar-refractivity contribution < 1.29 is 9.59 Å². The van der Waals surface area contributed by atoms with E-state index in [1.165, 1.54) is 23.7 Å². The van der Waals surface area contributed by atoms with E-state index in [9.17, 15) is 9.59 Å². The molecule has 0 radical (unpaired) electrons. The highest BCUT2D eigenvalue weighted by Gasteiger charge is 2.17. The third-order valence-electron chi connectivity index (χ3n) is 7.32. The van der Waals surface area contributed by atoms with Crippen molar-refractivity contribution >= 4 is 50.7 Å². The Kier molecular flexibility index (Phi) is 10.3. The summed E-state index contributed by atoms with van der Waals surface area (Å²) in [4.78, 5) is 32.2. The Hall–Kier alpha value is -3.63. The Morgan fingerprint density at radius 1 is 0.738 bits per heavy atom. The lowest BCUT2D eigenvalue weighted by Crippen LogP contribution is -2.13. The van der Waals surface area contributed by atoms with Crippen LogP contribution in [0.2, 0.25) is 5.02 Å². The van der Waals surface area contributed by atoms with E-state index in [1.54, 1.807) is 30.5 Å². The molecular weight excluding hydrogens is 616 g/mol. The van der Waals surface area contributed by atoms with Gasteiger partial charge in [0.25, 0.3) is 11.8 Å². The number of pyridine rings is 2. The lowest BCUT2D eigenvalue weighted by Gasteiger charge is -2.10. The van der Waals surface area contributed by atoms with Gasteiger partial charge in [0, 0.05) is 46.4 Å². The molecule has 2 aliphatic heterocycles. The number of anilines is 2. The second-order valence-corrected chi connectivity index (χ2v) is 11.6. The molecule has 2 aliphatic rings. The van der Waals surface area contributed by atoms with Crippen LogP contribution < -0.4 is 21.3 Å². The first-order valence-electron chi connectivity index (χ1n) is 13.9. The Labute approximate surface area is 258 Å². The van der Waals surface area contributed by atoms with Gasteiger partial charge in [-0.05, 0) is 113 Å². The van der Waals surface area contributed by atoms with Crippen LogP contribution >= 0.6 is 27.5 Å². The van der Waals surface area contributed by atoms with Crippen molar-refractivity contribution in [1.29, 1.82) is 0 Å². The van der Waals surface area contributed by atoms with Crippen molar-refractivity contribution in [2.75, 3.05) is 36.8 Å². The van der Waals surface area contributed by atoms with Gasteiger partial charge in [0.05, 0.1) is 0 Å². The smallest absolute Gasteiger partial charge is 0.274 e. The predicted molar refractivity (Wildman–Crippen MR) is 170 cm³/mol. The molecule has 2 fully saturated rings. The van der Waals surface area contributed by atoms with Gasteiger partial charge in [0.1, 0.15) is 11.4 Å². The van der Waals surface area contributed by atoms with Crippen molar-refractivity contribution in [2.45, 2.75) is 24.7 Å². The molecular formula is C32H32BrClN6O2. The molecule has 10 heteroatoms. The quantitative estimate of drug-likeness (QED) is 0.198. The van der Waals surface area contributed by atoms with Crippen LogP contribution in [0.5, 0.6) is 0 Å². The Bertz CT molecular complexity index is 1490. The molecule has 4 N–H and O–H groups in total. The maximum Gasteiger partial charge on any atom is 0.274 e. The molecule has 0 spiro atoms. The molecule has 2 unspecified atom stereocenters. The van der Waals surface area contributed by atoms with Gasteiger partial charge >= 0.3 is 0 Å².